The molecule has 2 heteroatoms. The van der Waals surface area contributed by atoms with Crippen molar-refractivity contribution in [2.24, 2.45) is 0 Å². The predicted molar refractivity (Wildman–Crippen MR) is 80.3 cm³/mol. The van der Waals surface area contributed by atoms with Gasteiger partial charge in [0.25, 0.3) is 0 Å². The molecule has 100 valence electrons. The number of fused-ring (bicyclic) bond motifs is 1. The molecule has 2 rings (SSSR count). The average Bonchev–Trinajstić information content (AvgIpc) is 2.86. The van der Waals surface area contributed by atoms with Crippen LogP contribution in [-0.4, -0.2) is 10.2 Å². The molecule has 0 radical (unpaired) electrons. The number of aromatic amines is 1. The van der Waals surface area contributed by atoms with E-state index in [-0.39, 0.29) is 0 Å². The number of aromatic nitrogens is 2. The van der Waals surface area contributed by atoms with Gasteiger partial charge in [-0.05, 0) is 48.4 Å². The maximum atomic E-state index is 4.15. The van der Waals surface area contributed by atoms with E-state index >= 15 is 0 Å². The minimum atomic E-state index is 0.634. The second-order valence-corrected chi connectivity index (χ2v) is 4.58. The third kappa shape index (κ3) is 2.58. The Balaban J connectivity index is 0.000000771. The summed E-state index contributed by atoms with van der Waals surface area (Å²) < 4.78 is 0. The zero-order valence-electron chi connectivity index (χ0n) is 12.6. The maximum Gasteiger partial charge on any atom is 0.0655 e. The summed E-state index contributed by atoms with van der Waals surface area (Å²) in [5, 5.41) is 8.52. The van der Waals surface area contributed by atoms with E-state index in [2.05, 4.69) is 44.0 Å². The molecule has 0 bridgehead atoms. The van der Waals surface area contributed by atoms with E-state index in [1.54, 1.807) is 0 Å². The van der Waals surface area contributed by atoms with E-state index in [1.807, 2.05) is 20.0 Å². The van der Waals surface area contributed by atoms with Crippen LogP contribution in [0.4, 0.5) is 0 Å². The summed E-state index contributed by atoms with van der Waals surface area (Å²) in [6.07, 6.45) is 4.23. The molecule has 1 N–H and O–H groups in total. The summed E-state index contributed by atoms with van der Waals surface area (Å²) in [7, 11) is 0. The minimum absolute atomic E-state index is 0.634. The highest BCUT2D eigenvalue weighted by molar-refractivity contribution is 5.84. The van der Waals surface area contributed by atoms with E-state index in [1.165, 1.54) is 34.0 Å². The van der Waals surface area contributed by atoms with Crippen LogP contribution in [0.25, 0.3) is 10.9 Å². The number of nitrogens with one attached hydrogen (secondary N) is 1. The van der Waals surface area contributed by atoms with Crippen LogP contribution >= 0.6 is 0 Å². The van der Waals surface area contributed by atoms with Gasteiger partial charge in [-0.15, -0.1) is 0 Å². The first kappa shape index (κ1) is 14.7. The van der Waals surface area contributed by atoms with Gasteiger partial charge in [0, 0.05) is 5.39 Å². The molecule has 0 spiro atoms. The SMILES string of the molecule is CC.CCc1c(C(C)CC)c(C)cc2[nH]ncc12. The molecule has 2 nitrogen and oxygen atoms in total. The van der Waals surface area contributed by atoms with Crippen molar-refractivity contribution in [1.82, 2.24) is 10.2 Å². The Bertz CT molecular complexity index is 497. The van der Waals surface area contributed by atoms with Crippen molar-refractivity contribution in [2.45, 2.75) is 60.3 Å². The minimum Gasteiger partial charge on any atom is -0.278 e. The summed E-state index contributed by atoms with van der Waals surface area (Å²) in [6, 6.07) is 2.23. The van der Waals surface area contributed by atoms with Gasteiger partial charge in [-0.25, -0.2) is 0 Å². The third-order valence-corrected chi connectivity index (χ3v) is 3.56. The first-order valence-electron chi connectivity index (χ1n) is 7.14. The van der Waals surface area contributed by atoms with Gasteiger partial charge in [-0.3, -0.25) is 5.10 Å². The van der Waals surface area contributed by atoms with Gasteiger partial charge in [-0.1, -0.05) is 34.6 Å². The standard InChI is InChI=1S/C14H20N2.C2H6/c1-5-9(3)14-10(4)7-13-12(8-15-16-13)11(14)6-2;1-2/h7-9H,5-6H2,1-4H3,(H,15,16);1-2H3. The summed E-state index contributed by atoms with van der Waals surface area (Å²) in [5.74, 6) is 0.634. The van der Waals surface area contributed by atoms with Gasteiger partial charge in [0.1, 0.15) is 0 Å². The van der Waals surface area contributed by atoms with Crippen LogP contribution in [0, 0.1) is 6.92 Å². The number of benzene rings is 1. The quantitative estimate of drug-likeness (QED) is 0.813. The summed E-state index contributed by atoms with van der Waals surface area (Å²) >= 11 is 0. The monoisotopic (exact) mass is 246 g/mol. The lowest BCUT2D eigenvalue weighted by Gasteiger charge is -2.18. The number of hydrogen-bond acceptors (Lipinski definition) is 1. The van der Waals surface area contributed by atoms with Gasteiger partial charge in [0.2, 0.25) is 0 Å². The van der Waals surface area contributed by atoms with Crippen molar-refractivity contribution in [3.63, 3.8) is 0 Å². The number of H-pyrrole nitrogens is 1. The Morgan fingerprint density at radius 3 is 2.50 bits per heavy atom. The predicted octanol–water partition coefficient (Wildman–Crippen LogP) is 4.97. The maximum absolute atomic E-state index is 4.15. The van der Waals surface area contributed by atoms with E-state index in [4.69, 9.17) is 0 Å². The molecule has 0 saturated carbocycles. The lowest BCUT2D eigenvalue weighted by atomic mass is 9.87. The average molecular weight is 246 g/mol. The molecule has 0 aliphatic heterocycles. The smallest absolute Gasteiger partial charge is 0.0655 e. The van der Waals surface area contributed by atoms with Crippen LogP contribution in [0.1, 0.15) is 63.6 Å². The zero-order valence-corrected chi connectivity index (χ0v) is 12.6. The second-order valence-electron chi connectivity index (χ2n) is 4.58. The molecular weight excluding hydrogens is 220 g/mol. The molecule has 1 atom stereocenters. The Morgan fingerprint density at radius 1 is 1.28 bits per heavy atom. The summed E-state index contributed by atoms with van der Waals surface area (Å²) in [4.78, 5) is 0. The summed E-state index contributed by atoms with van der Waals surface area (Å²) in [6.45, 7) is 13.0. The van der Waals surface area contributed by atoms with E-state index < -0.39 is 0 Å². The van der Waals surface area contributed by atoms with Gasteiger partial charge in [0.05, 0.1) is 11.7 Å². The van der Waals surface area contributed by atoms with Crippen LogP contribution in [0.3, 0.4) is 0 Å². The van der Waals surface area contributed by atoms with Crippen molar-refractivity contribution < 1.29 is 0 Å². The van der Waals surface area contributed by atoms with Crippen LogP contribution in [0.5, 0.6) is 0 Å². The normalized spacial score (nSPS) is 12.1. The number of hydrogen-bond donors (Lipinski definition) is 1. The molecule has 18 heavy (non-hydrogen) atoms. The summed E-state index contributed by atoms with van der Waals surface area (Å²) in [5.41, 5.74) is 5.56. The van der Waals surface area contributed by atoms with Crippen LogP contribution in [0.2, 0.25) is 0 Å². The number of rotatable bonds is 3. The molecule has 0 fully saturated rings. The Labute approximate surface area is 111 Å². The van der Waals surface area contributed by atoms with Gasteiger partial charge in [-0.2, -0.15) is 5.10 Å². The molecule has 1 aromatic heterocycles. The first-order chi connectivity index (χ1) is 8.69. The second kappa shape index (κ2) is 6.58. The highest BCUT2D eigenvalue weighted by Gasteiger charge is 2.15. The van der Waals surface area contributed by atoms with Gasteiger partial charge >= 0.3 is 0 Å². The number of nitrogens with zero attached hydrogens (tertiary/aromatic N) is 1. The van der Waals surface area contributed by atoms with Crippen molar-refractivity contribution >= 4 is 10.9 Å². The molecule has 0 aliphatic carbocycles. The number of aryl methyl sites for hydroxylation is 2. The molecule has 0 aliphatic rings. The molecule has 0 saturated heterocycles. The highest BCUT2D eigenvalue weighted by atomic mass is 15.1. The lowest BCUT2D eigenvalue weighted by molar-refractivity contribution is 0.720. The Kier molecular flexibility index (Phi) is 5.39. The van der Waals surface area contributed by atoms with Crippen molar-refractivity contribution in [3.8, 4) is 0 Å². The van der Waals surface area contributed by atoms with E-state index in [0.29, 0.717) is 5.92 Å². The lowest BCUT2D eigenvalue weighted by Crippen LogP contribution is -2.01. The van der Waals surface area contributed by atoms with Gasteiger partial charge in [0.15, 0.2) is 0 Å². The van der Waals surface area contributed by atoms with Crippen LogP contribution < -0.4 is 0 Å². The Hall–Kier alpha value is -1.31. The van der Waals surface area contributed by atoms with Crippen LogP contribution in [-0.2, 0) is 6.42 Å². The fourth-order valence-electron chi connectivity index (χ4n) is 2.60. The van der Waals surface area contributed by atoms with Crippen molar-refractivity contribution in [2.75, 3.05) is 0 Å². The van der Waals surface area contributed by atoms with E-state index in [9.17, 15) is 0 Å². The molecular formula is C16H26N2. The largest absolute Gasteiger partial charge is 0.278 e. The molecule has 1 aromatic carbocycles. The fourth-order valence-corrected chi connectivity index (χ4v) is 2.60. The van der Waals surface area contributed by atoms with Gasteiger partial charge < -0.3 is 0 Å². The molecule has 2 aromatic rings. The first-order valence-corrected chi connectivity index (χ1v) is 7.14. The Morgan fingerprint density at radius 2 is 1.94 bits per heavy atom. The molecule has 1 heterocycles. The molecule has 1 unspecified atom stereocenters. The topological polar surface area (TPSA) is 28.7 Å². The highest BCUT2D eigenvalue weighted by Crippen LogP contribution is 2.31. The van der Waals surface area contributed by atoms with Crippen molar-refractivity contribution in [3.05, 3.63) is 29.0 Å². The zero-order chi connectivity index (χ0) is 13.7. The molecule has 0 amide bonds. The van der Waals surface area contributed by atoms with Crippen LogP contribution in [0.15, 0.2) is 12.3 Å². The fraction of sp³-hybridized carbons (Fsp3) is 0.562. The van der Waals surface area contributed by atoms with E-state index in [0.717, 1.165) is 6.42 Å². The van der Waals surface area contributed by atoms with Crippen molar-refractivity contribution in [1.29, 1.82) is 0 Å². The third-order valence-electron chi connectivity index (χ3n) is 3.56.